The number of allylic oxidation sites excluding steroid dienone is 3. The maximum atomic E-state index is 11.1. The molecule has 0 saturated heterocycles. The molecule has 0 aliphatic carbocycles. The molecule has 0 bridgehead atoms. The van der Waals surface area contributed by atoms with E-state index in [1.165, 1.54) is 12.3 Å². The van der Waals surface area contributed by atoms with Crippen molar-refractivity contribution in [2.45, 2.75) is 6.54 Å². The summed E-state index contributed by atoms with van der Waals surface area (Å²) in [7, 11) is 0. The first-order valence-electron chi connectivity index (χ1n) is 5.15. The van der Waals surface area contributed by atoms with Crippen molar-refractivity contribution >= 4 is 0 Å². The second-order valence-corrected chi connectivity index (χ2v) is 3.65. The van der Waals surface area contributed by atoms with Gasteiger partial charge in [0.25, 0.3) is 5.56 Å². The molecule has 0 spiro atoms. The predicted molar refractivity (Wildman–Crippen MR) is 65.4 cm³/mol. The molecule has 1 aliphatic rings. The zero-order chi connectivity index (χ0) is 13.0. The second kappa shape index (κ2) is 5.09. The number of aromatic nitrogens is 2. The predicted octanol–water partition coefficient (Wildman–Crippen LogP) is 0.557. The van der Waals surface area contributed by atoms with E-state index in [9.17, 15) is 14.5 Å². The van der Waals surface area contributed by atoms with E-state index < -0.39 is 11.2 Å². The minimum Gasteiger partial charge on any atom is -0.348 e. The first kappa shape index (κ1) is 11.8. The molecule has 2 N–H and O–H groups in total. The fourth-order valence-corrected chi connectivity index (χ4v) is 1.52. The second-order valence-electron chi connectivity index (χ2n) is 3.65. The smallest absolute Gasteiger partial charge is 0.325 e. The minimum absolute atomic E-state index is 0.355. The van der Waals surface area contributed by atoms with Gasteiger partial charge in [-0.3, -0.25) is 9.78 Å². The third-order valence-corrected chi connectivity index (χ3v) is 2.29. The van der Waals surface area contributed by atoms with Crippen molar-refractivity contribution in [3.8, 4) is 0 Å². The van der Waals surface area contributed by atoms with Crippen LogP contribution in [0.4, 0.5) is 0 Å². The number of nitroso groups, excluding NO2 is 1. The number of hydrogen-bond donors (Lipinski definition) is 2. The van der Waals surface area contributed by atoms with Crippen LogP contribution >= 0.6 is 0 Å². The van der Waals surface area contributed by atoms with Gasteiger partial charge in [-0.15, -0.1) is 4.91 Å². The Bertz CT molecular complexity index is 606. The van der Waals surface area contributed by atoms with Crippen molar-refractivity contribution in [1.82, 2.24) is 14.9 Å². The van der Waals surface area contributed by atoms with Crippen LogP contribution in [0.3, 0.4) is 0 Å². The summed E-state index contributed by atoms with van der Waals surface area (Å²) >= 11 is 0. The number of nitrogens with zero attached hydrogens (tertiary/aromatic N) is 2. The summed E-state index contributed by atoms with van der Waals surface area (Å²) in [6.07, 6.45) is 8.03. The largest absolute Gasteiger partial charge is 0.348 e. The first-order chi connectivity index (χ1) is 8.67. The third-order valence-electron chi connectivity index (χ3n) is 2.29. The topological polar surface area (TPSA) is 98.4 Å². The van der Waals surface area contributed by atoms with Crippen LogP contribution in [0.15, 0.2) is 57.2 Å². The van der Waals surface area contributed by atoms with Gasteiger partial charge in [-0.1, -0.05) is 0 Å². The Balaban J connectivity index is 2.13. The molecule has 1 aliphatic heterocycles. The molecule has 1 aromatic heterocycles. The van der Waals surface area contributed by atoms with Gasteiger partial charge in [0, 0.05) is 24.2 Å². The lowest BCUT2D eigenvalue weighted by atomic mass is 10.2. The Morgan fingerprint density at radius 2 is 1.94 bits per heavy atom. The molecule has 7 nitrogen and oxygen atoms in total. The normalized spacial score (nSPS) is 13.8. The van der Waals surface area contributed by atoms with Crippen molar-refractivity contribution < 1.29 is 0 Å². The van der Waals surface area contributed by atoms with E-state index in [1.807, 2.05) is 0 Å². The highest BCUT2D eigenvalue weighted by atomic mass is 16.2. The molecule has 7 heteroatoms. The van der Waals surface area contributed by atoms with Crippen LogP contribution in [0, 0.1) is 4.91 Å². The zero-order valence-electron chi connectivity index (χ0n) is 9.29. The quantitative estimate of drug-likeness (QED) is 0.761. The molecule has 0 fully saturated rings. The van der Waals surface area contributed by atoms with Crippen LogP contribution in [0.1, 0.15) is 5.69 Å². The summed E-state index contributed by atoms with van der Waals surface area (Å²) in [5.41, 5.74) is 0.206. The number of aromatic amines is 2. The summed E-state index contributed by atoms with van der Waals surface area (Å²) in [5.74, 6) is 0. The van der Waals surface area contributed by atoms with Crippen LogP contribution < -0.4 is 11.2 Å². The fourth-order valence-electron chi connectivity index (χ4n) is 1.52. The molecular formula is C11H10N4O3. The lowest BCUT2D eigenvalue weighted by Crippen LogP contribution is -2.25. The average molecular weight is 246 g/mol. The fraction of sp³-hybridized carbons (Fsp3) is 0.0909. The van der Waals surface area contributed by atoms with E-state index in [2.05, 4.69) is 15.1 Å². The monoisotopic (exact) mass is 246 g/mol. The Morgan fingerprint density at radius 3 is 2.56 bits per heavy atom. The average Bonchev–Trinajstić information content (AvgIpc) is 2.31. The van der Waals surface area contributed by atoms with Gasteiger partial charge in [-0.05, 0) is 22.9 Å². The number of nitrogens with one attached hydrogen (secondary N) is 2. The summed E-state index contributed by atoms with van der Waals surface area (Å²) in [6, 6.07) is 1.32. The van der Waals surface area contributed by atoms with Crippen molar-refractivity contribution in [2.75, 3.05) is 0 Å². The summed E-state index contributed by atoms with van der Waals surface area (Å²) in [6.45, 7) is 0.355. The third kappa shape index (κ3) is 2.91. The van der Waals surface area contributed by atoms with Crippen LogP contribution in [0.5, 0.6) is 0 Å². The van der Waals surface area contributed by atoms with Crippen molar-refractivity contribution in [1.29, 1.82) is 0 Å². The van der Waals surface area contributed by atoms with Gasteiger partial charge in [0.1, 0.15) is 0 Å². The van der Waals surface area contributed by atoms with Crippen LogP contribution in [0.25, 0.3) is 0 Å². The molecular weight excluding hydrogens is 236 g/mol. The van der Waals surface area contributed by atoms with E-state index >= 15 is 0 Å². The van der Waals surface area contributed by atoms with E-state index in [-0.39, 0.29) is 0 Å². The van der Waals surface area contributed by atoms with Gasteiger partial charge >= 0.3 is 5.69 Å². The minimum atomic E-state index is -0.534. The molecule has 0 atom stereocenters. The van der Waals surface area contributed by atoms with Gasteiger partial charge in [0.15, 0.2) is 0 Å². The standard InChI is InChI=1S/C11H10N4O3/c16-10-5-9(13-11(17)14-10)7-15-3-1-8(2-4-15)6-12-18/h1-6H,7H2,(H2,13,14,16,17). The van der Waals surface area contributed by atoms with Crippen LogP contribution in [-0.4, -0.2) is 14.9 Å². The van der Waals surface area contributed by atoms with E-state index in [1.54, 1.807) is 29.5 Å². The lowest BCUT2D eigenvalue weighted by molar-refractivity contribution is 0.487. The zero-order valence-corrected chi connectivity index (χ0v) is 9.29. The number of rotatable bonds is 3. The Labute approximate surface area is 101 Å². The van der Waals surface area contributed by atoms with Gasteiger partial charge in [0.2, 0.25) is 0 Å². The Hall–Kier alpha value is -2.70. The summed E-state index contributed by atoms with van der Waals surface area (Å²) in [5, 5.41) is 2.67. The molecule has 0 aromatic carbocycles. The molecule has 18 heavy (non-hydrogen) atoms. The summed E-state index contributed by atoms with van der Waals surface area (Å²) in [4.78, 5) is 38.6. The Kier molecular flexibility index (Phi) is 3.33. The van der Waals surface area contributed by atoms with Crippen molar-refractivity contribution in [3.05, 3.63) is 73.8 Å². The van der Waals surface area contributed by atoms with Crippen molar-refractivity contribution in [3.63, 3.8) is 0 Å². The van der Waals surface area contributed by atoms with Gasteiger partial charge in [-0.2, -0.15) is 0 Å². The number of H-pyrrole nitrogens is 2. The van der Waals surface area contributed by atoms with E-state index in [0.29, 0.717) is 17.8 Å². The highest BCUT2D eigenvalue weighted by Gasteiger charge is 2.04. The molecule has 92 valence electrons. The lowest BCUT2D eigenvalue weighted by Gasteiger charge is -2.17. The van der Waals surface area contributed by atoms with Crippen LogP contribution in [0.2, 0.25) is 0 Å². The molecule has 0 saturated carbocycles. The highest BCUT2D eigenvalue weighted by molar-refractivity contribution is 5.33. The molecule has 0 radical (unpaired) electrons. The first-order valence-corrected chi connectivity index (χ1v) is 5.15. The Morgan fingerprint density at radius 1 is 1.22 bits per heavy atom. The van der Waals surface area contributed by atoms with E-state index in [4.69, 9.17) is 0 Å². The molecule has 2 heterocycles. The molecule has 2 rings (SSSR count). The highest BCUT2D eigenvalue weighted by Crippen LogP contribution is 2.11. The summed E-state index contributed by atoms with van der Waals surface area (Å²) < 4.78 is 0. The van der Waals surface area contributed by atoms with Gasteiger partial charge in [-0.25, -0.2) is 4.79 Å². The SMILES string of the molecule is O=NC=C1C=CN(Cc2cc(=O)[nH]c(=O)[nH]2)C=C1. The molecule has 1 aromatic rings. The van der Waals surface area contributed by atoms with E-state index in [0.717, 1.165) is 0 Å². The van der Waals surface area contributed by atoms with Crippen molar-refractivity contribution in [2.24, 2.45) is 5.18 Å². The molecule has 0 amide bonds. The number of hydrogen-bond acceptors (Lipinski definition) is 5. The van der Waals surface area contributed by atoms with Gasteiger partial charge in [0.05, 0.1) is 12.7 Å². The maximum absolute atomic E-state index is 11.1. The maximum Gasteiger partial charge on any atom is 0.325 e. The van der Waals surface area contributed by atoms with Crippen LogP contribution in [-0.2, 0) is 6.54 Å². The molecule has 0 unspecified atom stereocenters. The van der Waals surface area contributed by atoms with Gasteiger partial charge < -0.3 is 9.88 Å².